The van der Waals surface area contributed by atoms with E-state index in [2.05, 4.69) is 49.4 Å². The summed E-state index contributed by atoms with van der Waals surface area (Å²) in [5.41, 5.74) is 2.92. The predicted molar refractivity (Wildman–Crippen MR) is 94.6 cm³/mol. The van der Waals surface area contributed by atoms with Crippen LogP contribution in [0.15, 0.2) is 51.4 Å². The van der Waals surface area contributed by atoms with E-state index in [0.29, 0.717) is 0 Å². The van der Waals surface area contributed by atoms with Crippen LogP contribution in [0.5, 0.6) is 0 Å². The summed E-state index contributed by atoms with van der Waals surface area (Å²) in [4.78, 5) is 11.1. The molecule has 0 radical (unpaired) electrons. The number of rotatable bonds is 4. The molecule has 5 heteroatoms. The first kappa shape index (κ1) is 16.0. The maximum atomic E-state index is 11.1. The molecule has 1 atom stereocenters. The van der Waals surface area contributed by atoms with Crippen LogP contribution in [0.2, 0.25) is 0 Å². The van der Waals surface area contributed by atoms with Crippen molar-refractivity contribution in [2.45, 2.75) is 19.9 Å². The molecule has 2 N–H and O–H groups in total. The molecule has 21 heavy (non-hydrogen) atoms. The molecular weight excluding hydrogens is 396 g/mol. The lowest BCUT2D eigenvalue weighted by Gasteiger charge is -2.19. The second-order valence-corrected chi connectivity index (χ2v) is 6.48. The highest BCUT2D eigenvalue weighted by Crippen LogP contribution is 2.33. The van der Waals surface area contributed by atoms with E-state index in [1.165, 1.54) is 6.92 Å². The number of halogens is 2. The van der Waals surface area contributed by atoms with Crippen molar-refractivity contribution in [2.75, 3.05) is 10.6 Å². The summed E-state index contributed by atoms with van der Waals surface area (Å²) in [6.45, 7) is 3.59. The van der Waals surface area contributed by atoms with E-state index in [4.69, 9.17) is 0 Å². The van der Waals surface area contributed by atoms with Gasteiger partial charge in [-0.15, -0.1) is 0 Å². The van der Waals surface area contributed by atoms with Crippen LogP contribution in [-0.4, -0.2) is 5.91 Å². The molecule has 0 saturated carbocycles. The van der Waals surface area contributed by atoms with Crippen molar-refractivity contribution >= 4 is 49.1 Å². The minimum atomic E-state index is -0.0682. The number of hydrogen-bond acceptors (Lipinski definition) is 2. The third-order valence-electron chi connectivity index (χ3n) is 3.03. The molecule has 0 saturated heterocycles. The van der Waals surface area contributed by atoms with Crippen LogP contribution in [0.1, 0.15) is 25.5 Å². The Kier molecular flexibility index (Phi) is 5.42. The lowest BCUT2D eigenvalue weighted by atomic mass is 10.1. The quantitative estimate of drug-likeness (QED) is 0.712. The lowest BCUT2D eigenvalue weighted by molar-refractivity contribution is -0.114. The standard InChI is InChI=1S/C16H16Br2N2O/c1-10(19-16-14(17)7-4-8-15(16)18)12-5-3-6-13(9-12)20-11(2)21/h3-10,19H,1-2H3,(H,20,21). The van der Waals surface area contributed by atoms with Gasteiger partial charge in [-0.3, -0.25) is 4.79 Å². The van der Waals surface area contributed by atoms with Gasteiger partial charge in [-0.25, -0.2) is 0 Å². The zero-order valence-corrected chi connectivity index (χ0v) is 15.0. The first-order valence-electron chi connectivity index (χ1n) is 6.55. The van der Waals surface area contributed by atoms with Gasteiger partial charge in [-0.1, -0.05) is 18.2 Å². The molecule has 2 rings (SSSR count). The highest BCUT2D eigenvalue weighted by molar-refractivity contribution is 9.11. The summed E-state index contributed by atoms with van der Waals surface area (Å²) in [5.74, 6) is -0.0682. The fraction of sp³-hybridized carbons (Fsp3) is 0.188. The number of carbonyl (C=O) groups excluding carboxylic acids is 1. The topological polar surface area (TPSA) is 41.1 Å². The maximum Gasteiger partial charge on any atom is 0.221 e. The number of hydrogen-bond donors (Lipinski definition) is 2. The van der Waals surface area contributed by atoms with E-state index in [0.717, 1.165) is 25.9 Å². The number of para-hydroxylation sites is 1. The Bertz CT molecular complexity index is 638. The van der Waals surface area contributed by atoms with Crippen molar-refractivity contribution in [3.63, 3.8) is 0 Å². The fourth-order valence-electron chi connectivity index (χ4n) is 2.02. The van der Waals surface area contributed by atoms with Gasteiger partial charge in [0.05, 0.1) is 5.69 Å². The Morgan fingerprint density at radius 2 is 1.71 bits per heavy atom. The van der Waals surface area contributed by atoms with Gasteiger partial charge in [-0.05, 0) is 68.6 Å². The third-order valence-corrected chi connectivity index (χ3v) is 4.35. The van der Waals surface area contributed by atoms with Crippen molar-refractivity contribution in [3.8, 4) is 0 Å². The summed E-state index contributed by atoms with van der Waals surface area (Å²) in [6, 6.07) is 13.9. The molecular formula is C16H16Br2N2O. The molecule has 3 nitrogen and oxygen atoms in total. The molecule has 0 aliphatic rings. The summed E-state index contributed by atoms with van der Waals surface area (Å²) in [6.07, 6.45) is 0. The second-order valence-electron chi connectivity index (χ2n) is 4.77. The lowest BCUT2D eigenvalue weighted by Crippen LogP contribution is -2.10. The number of carbonyl (C=O) groups is 1. The molecule has 0 spiro atoms. The Balaban J connectivity index is 2.20. The largest absolute Gasteiger partial charge is 0.377 e. The molecule has 110 valence electrons. The SMILES string of the molecule is CC(=O)Nc1cccc(C(C)Nc2c(Br)cccc2Br)c1. The van der Waals surface area contributed by atoms with Gasteiger partial charge in [0.15, 0.2) is 0 Å². The number of anilines is 2. The number of nitrogens with one attached hydrogen (secondary N) is 2. The van der Waals surface area contributed by atoms with Crippen LogP contribution in [0.3, 0.4) is 0 Å². The van der Waals surface area contributed by atoms with Crippen molar-refractivity contribution in [2.24, 2.45) is 0 Å². The van der Waals surface area contributed by atoms with Gasteiger partial charge in [0, 0.05) is 27.6 Å². The fourth-order valence-corrected chi connectivity index (χ4v) is 3.25. The average Bonchev–Trinajstić information content (AvgIpc) is 2.42. The normalized spacial score (nSPS) is 11.8. The van der Waals surface area contributed by atoms with Crippen molar-refractivity contribution in [1.82, 2.24) is 0 Å². The first-order chi connectivity index (χ1) is 9.97. The summed E-state index contributed by atoms with van der Waals surface area (Å²) in [7, 11) is 0. The minimum Gasteiger partial charge on any atom is -0.377 e. The summed E-state index contributed by atoms with van der Waals surface area (Å²) < 4.78 is 2.00. The Labute approximate surface area is 141 Å². The highest BCUT2D eigenvalue weighted by Gasteiger charge is 2.10. The van der Waals surface area contributed by atoms with E-state index >= 15 is 0 Å². The summed E-state index contributed by atoms with van der Waals surface area (Å²) >= 11 is 7.09. The second kappa shape index (κ2) is 7.09. The summed E-state index contributed by atoms with van der Waals surface area (Å²) in [5, 5.41) is 6.27. The molecule has 0 heterocycles. The number of benzene rings is 2. The van der Waals surface area contributed by atoms with Gasteiger partial charge < -0.3 is 10.6 Å². The monoisotopic (exact) mass is 410 g/mol. The van der Waals surface area contributed by atoms with Crippen LogP contribution in [0.25, 0.3) is 0 Å². The van der Waals surface area contributed by atoms with Gasteiger partial charge in [0.25, 0.3) is 0 Å². The van der Waals surface area contributed by atoms with E-state index < -0.39 is 0 Å². The first-order valence-corrected chi connectivity index (χ1v) is 8.14. The van der Waals surface area contributed by atoms with E-state index in [9.17, 15) is 4.79 Å². The minimum absolute atomic E-state index is 0.0682. The van der Waals surface area contributed by atoms with Crippen LogP contribution in [-0.2, 0) is 4.79 Å². The van der Waals surface area contributed by atoms with Crippen molar-refractivity contribution in [1.29, 1.82) is 0 Å². The van der Waals surface area contributed by atoms with E-state index in [1.807, 2.05) is 42.5 Å². The molecule has 2 aromatic carbocycles. The smallest absolute Gasteiger partial charge is 0.221 e. The van der Waals surface area contributed by atoms with Gasteiger partial charge in [0.2, 0.25) is 5.91 Å². The third kappa shape index (κ3) is 4.32. The molecule has 2 aromatic rings. The van der Waals surface area contributed by atoms with Gasteiger partial charge in [0.1, 0.15) is 0 Å². The average molecular weight is 412 g/mol. The van der Waals surface area contributed by atoms with Crippen molar-refractivity contribution in [3.05, 3.63) is 57.0 Å². The molecule has 1 amide bonds. The van der Waals surface area contributed by atoms with Gasteiger partial charge in [-0.2, -0.15) is 0 Å². The Hall–Kier alpha value is -1.33. The molecule has 0 aromatic heterocycles. The van der Waals surface area contributed by atoms with E-state index in [-0.39, 0.29) is 11.9 Å². The molecule has 0 aliphatic carbocycles. The van der Waals surface area contributed by atoms with Crippen LogP contribution in [0.4, 0.5) is 11.4 Å². The van der Waals surface area contributed by atoms with Crippen LogP contribution >= 0.6 is 31.9 Å². The molecule has 1 unspecified atom stereocenters. The van der Waals surface area contributed by atoms with Crippen LogP contribution in [0, 0.1) is 0 Å². The molecule has 0 bridgehead atoms. The Morgan fingerprint density at radius 1 is 1.10 bits per heavy atom. The zero-order valence-electron chi connectivity index (χ0n) is 11.8. The van der Waals surface area contributed by atoms with Gasteiger partial charge >= 0.3 is 0 Å². The Morgan fingerprint density at radius 3 is 2.33 bits per heavy atom. The zero-order chi connectivity index (χ0) is 15.4. The van der Waals surface area contributed by atoms with Crippen LogP contribution < -0.4 is 10.6 Å². The predicted octanol–water partition coefficient (Wildman–Crippen LogP) is 5.34. The molecule has 0 fully saturated rings. The van der Waals surface area contributed by atoms with E-state index in [1.54, 1.807) is 0 Å². The number of amides is 1. The maximum absolute atomic E-state index is 11.1. The highest BCUT2D eigenvalue weighted by atomic mass is 79.9. The molecule has 0 aliphatic heterocycles. The van der Waals surface area contributed by atoms with Crippen molar-refractivity contribution < 1.29 is 4.79 Å².